The molecule has 0 aromatic carbocycles. The van der Waals surface area contributed by atoms with Gasteiger partial charge in [-0.3, -0.25) is 0 Å². The highest BCUT2D eigenvalue weighted by Crippen LogP contribution is 2.15. The SMILES string of the molecule is N#CCCC1CCO1. The van der Waals surface area contributed by atoms with Crippen molar-refractivity contribution in [1.82, 2.24) is 0 Å². The molecule has 1 aliphatic rings. The zero-order chi connectivity index (χ0) is 5.82. The summed E-state index contributed by atoms with van der Waals surface area (Å²) < 4.78 is 5.08. The quantitative estimate of drug-likeness (QED) is 0.534. The van der Waals surface area contributed by atoms with Crippen LogP contribution in [0.4, 0.5) is 0 Å². The van der Waals surface area contributed by atoms with Gasteiger partial charge in [-0.05, 0) is 12.8 Å². The van der Waals surface area contributed by atoms with Crippen molar-refractivity contribution >= 4 is 0 Å². The fraction of sp³-hybridized carbons (Fsp3) is 0.833. The van der Waals surface area contributed by atoms with Crippen molar-refractivity contribution in [2.75, 3.05) is 6.61 Å². The molecule has 1 saturated heterocycles. The van der Waals surface area contributed by atoms with Crippen LogP contribution < -0.4 is 0 Å². The monoisotopic (exact) mass is 111 g/mol. The predicted octanol–water partition coefficient (Wildman–Crippen LogP) is 1.08. The van der Waals surface area contributed by atoms with Gasteiger partial charge in [0.2, 0.25) is 0 Å². The maximum Gasteiger partial charge on any atom is 0.0622 e. The number of hydrogen-bond acceptors (Lipinski definition) is 2. The molecule has 1 rings (SSSR count). The Kier molecular flexibility index (Phi) is 1.87. The van der Waals surface area contributed by atoms with E-state index in [9.17, 15) is 0 Å². The number of ether oxygens (including phenoxy) is 1. The van der Waals surface area contributed by atoms with Gasteiger partial charge >= 0.3 is 0 Å². The van der Waals surface area contributed by atoms with Gasteiger partial charge in [0.25, 0.3) is 0 Å². The van der Waals surface area contributed by atoms with E-state index in [4.69, 9.17) is 10.00 Å². The summed E-state index contributed by atoms with van der Waals surface area (Å²) in [6.45, 7) is 0.899. The summed E-state index contributed by atoms with van der Waals surface area (Å²) in [6.07, 6.45) is 3.14. The third kappa shape index (κ3) is 1.21. The summed E-state index contributed by atoms with van der Waals surface area (Å²) in [5.74, 6) is 0. The predicted molar refractivity (Wildman–Crippen MR) is 29.2 cm³/mol. The molecule has 0 amide bonds. The second-order valence-corrected chi connectivity index (χ2v) is 1.98. The van der Waals surface area contributed by atoms with Crippen molar-refractivity contribution in [3.8, 4) is 6.07 Å². The first-order valence-electron chi connectivity index (χ1n) is 2.92. The second kappa shape index (κ2) is 2.68. The molecule has 0 saturated carbocycles. The van der Waals surface area contributed by atoms with Crippen molar-refractivity contribution in [1.29, 1.82) is 5.26 Å². The van der Waals surface area contributed by atoms with E-state index in [1.807, 2.05) is 0 Å². The van der Waals surface area contributed by atoms with Crippen LogP contribution >= 0.6 is 0 Å². The largest absolute Gasteiger partial charge is 0.378 e. The van der Waals surface area contributed by atoms with Crippen LogP contribution in [-0.2, 0) is 4.74 Å². The summed E-state index contributed by atoms with van der Waals surface area (Å²) in [7, 11) is 0. The van der Waals surface area contributed by atoms with Gasteiger partial charge in [-0.1, -0.05) is 0 Å². The molecule has 1 atom stereocenters. The van der Waals surface area contributed by atoms with Gasteiger partial charge in [0, 0.05) is 13.0 Å². The van der Waals surface area contributed by atoms with E-state index in [2.05, 4.69) is 6.07 Å². The molecule has 1 fully saturated rings. The number of rotatable bonds is 2. The molecular weight excluding hydrogens is 102 g/mol. The first kappa shape index (κ1) is 5.58. The zero-order valence-corrected chi connectivity index (χ0v) is 4.76. The van der Waals surface area contributed by atoms with Crippen LogP contribution in [0.3, 0.4) is 0 Å². The summed E-state index contributed by atoms with van der Waals surface area (Å²) in [5.41, 5.74) is 0. The first-order chi connectivity index (χ1) is 3.93. The molecule has 1 heterocycles. The average molecular weight is 111 g/mol. The van der Waals surface area contributed by atoms with Gasteiger partial charge in [0.05, 0.1) is 12.2 Å². The normalized spacial score (nSPS) is 26.1. The van der Waals surface area contributed by atoms with Crippen LogP contribution in [0.5, 0.6) is 0 Å². The van der Waals surface area contributed by atoms with E-state index in [1.165, 1.54) is 0 Å². The van der Waals surface area contributed by atoms with Crippen LogP contribution in [0.25, 0.3) is 0 Å². The van der Waals surface area contributed by atoms with Crippen LogP contribution in [0, 0.1) is 11.3 Å². The summed E-state index contributed by atoms with van der Waals surface area (Å²) in [5, 5.41) is 8.13. The van der Waals surface area contributed by atoms with E-state index in [-0.39, 0.29) is 0 Å². The molecule has 0 aromatic rings. The van der Waals surface area contributed by atoms with E-state index < -0.39 is 0 Å². The average Bonchev–Trinajstić information content (AvgIpc) is 1.63. The van der Waals surface area contributed by atoms with Crippen molar-refractivity contribution < 1.29 is 4.74 Å². The smallest absolute Gasteiger partial charge is 0.0622 e. The maximum absolute atomic E-state index is 8.13. The van der Waals surface area contributed by atoms with E-state index in [1.54, 1.807) is 0 Å². The minimum absolute atomic E-state index is 0.412. The number of nitriles is 1. The Morgan fingerprint density at radius 2 is 2.50 bits per heavy atom. The Bertz CT molecular complexity index is 102. The van der Waals surface area contributed by atoms with Gasteiger partial charge in [-0.25, -0.2) is 0 Å². The van der Waals surface area contributed by atoms with Gasteiger partial charge in [0.15, 0.2) is 0 Å². The van der Waals surface area contributed by atoms with Crippen molar-refractivity contribution in [2.45, 2.75) is 25.4 Å². The van der Waals surface area contributed by atoms with Crippen LogP contribution in [0.15, 0.2) is 0 Å². The molecule has 0 aromatic heterocycles. The molecule has 0 radical (unpaired) electrons. The molecule has 8 heavy (non-hydrogen) atoms. The zero-order valence-electron chi connectivity index (χ0n) is 4.76. The molecule has 44 valence electrons. The third-order valence-electron chi connectivity index (χ3n) is 1.37. The van der Waals surface area contributed by atoms with Gasteiger partial charge in [0.1, 0.15) is 0 Å². The van der Waals surface area contributed by atoms with Crippen molar-refractivity contribution in [2.24, 2.45) is 0 Å². The number of nitrogens with zero attached hydrogens (tertiary/aromatic N) is 1. The second-order valence-electron chi connectivity index (χ2n) is 1.98. The highest BCUT2D eigenvalue weighted by Gasteiger charge is 2.16. The lowest BCUT2D eigenvalue weighted by Gasteiger charge is -2.25. The molecule has 0 aliphatic carbocycles. The van der Waals surface area contributed by atoms with Crippen LogP contribution in [0.1, 0.15) is 19.3 Å². The minimum atomic E-state index is 0.412. The highest BCUT2D eigenvalue weighted by molar-refractivity contribution is 4.75. The Morgan fingerprint density at radius 3 is 2.88 bits per heavy atom. The Morgan fingerprint density at radius 1 is 1.75 bits per heavy atom. The van der Waals surface area contributed by atoms with E-state index in [0.717, 1.165) is 19.4 Å². The fourth-order valence-corrected chi connectivity index (χ4v) is 0.738. The summed E-state index contributed by atoms with van der Waals surface area (Å²) in [6, 6.07) is 2.09. The Labute approximate surface area is 49.1 Å². The summed E-state index contributed by atoms with van der Waals surface area (Å²) >= 11 is 0. The van der Waals surface area contributed by atoms with Crippen molar-refractivity contribution in [3.63, 3.8) is 0 Å². The lowest BCUT2D eigenvalue weighted by molar-refractivity contribution is -0.0535. The van der Waals surface area contributed by atoms with Gasteiger partial charge in [-0.15, -0.1) is 0 Å². The van der Waals surface area contributed by atoms with Crippen LogP contribution in [0.2, 0.25) is 0 Å². The van der Waals surface area contributed by atoms with Gasteiger partial charge in [-0.2, -0.15) is 5.26 Å². The molecule has 0 bridgehead atoms. The first-order valence-corrected chi connectivity index (χ1v) is 2.92. The maximum atomic E-state index is 8.13. The summed E-state index contributed by atoms with van der Waals surface area (Å²) in [4.78, 5) is 0. The van der Waals surface area contributed by atoms with E-state index in [0.29, 0.717) is 12.5 Å². The minimum Gasteiger partial charge on any atom is -0.378 e. The Balaban J connectivity index is 1.95. The van der Waals surface area contributed by atoms with Crippen LogP contribution in [-0.4, -0.2) is 12.7 Å². The molecule has 1 unspecified atom stereocenters. The topological polar surface area (TPSA) is 33.0 Å². The lowest BCUT2D eigenvalue weighted by atomic mass is 10.1. The molecule has 1 aliphatic heterocycles. The molecular formula is C6H9NO. The molecule has 0 spiro atoms. The molecule has 0 N–H and O–H groups in total. The lowest BCUT2D eigenvalue weighted by Crippen LogP contribution is -2.26. The highest BCUT2D eigenvalue weighted by atomic mass is 16.5. The Hall–Kier alpha value is -0.550. The van der Waals surface area contributed by atoms with Crippen molar-refractivity contribution in [3.05, 3.63) is 0 Å². The fourth-order valence-electron chi connectivity index (χ4n) is 0.738. The molecule has 2 nitrogen and oxygen atoms in total. The third-order valence-corrected chi connectivity index (χ3v) is 1.37. The molecule has 2 heteroatoms. The van der Waals surface area contributed by atoms with E-state index >= 15 is 0 Å². The van der Waals surface area contributed by atoms with Gasteiger partial charge < -0.3 is 4.74 Å². The standard InChI is InChI=1S/C6H9NO/c7-4-1-2-6-3-5-8-6/h6H,1-3,5H2. The number of hydrogen-bond donors (Lipinski definition) is 0.